The van der Waals surface area contributed by atoms with Crippen molar-refractivity contribution in [3.05, 3.63) is 23.5 Å². The first-order valence-corrected chi connectivity index (χ1v) is 8.39. The Labute approximate surface area is 133 Å². The second kappa shape index (κ2) is 4.90. The molecule has 2 N–H and O–H groups in total. The number of primary sulfonamides is 1. The summed E-state index contributed by atoms with van der Waals surface area (Å²) in [7, 11) is -2.31. The number of nitrogens with two attached hydrogens (primary N) is 1. The predicted octanol–water partition coefficient (Wildman–Crippen LogP) is -0.686. The monoisotopic (exact) mass is 340 g/mol. The Bertz CT molecular complexity index is 801. The molecule has 0 aliphatic carbocycles. The Balaban J connectivity index is 1.79. The molecular formula is C13H16N4O5S. The number of pyridine rings is 1. The average Bonchev–Trinajstić information content (AvgIpc) is 2.71. The summed E-state index contributed by atoms with van der Waals surface area (Å²) in [5.74, 6) is -0.364. The third-order valence-corrected chi connectivity index (χ3v) is 4.89. The maximum Gasteiger partial charge on any atom is 0.410 e. The molecule has 2 fully saturated rings. The summed E-state index contributed by atoms with van der Waals surface area (Å²) < 4.78 is 28.1. The van der Waals surface area contributed by atoms with Crippen LogP contribution in [0.25, 0.3) is 0 Å². The van der Waals surface area contributed by atoms with Crippen molar-refractivity contribution < 1.29 is 22.7 Å². The van der Waals surface area contributed by atoms with Crippen molar-refractivity contribution in [2.45, 2.75) is 17.4 Å². The van der Waals surface area contributed by atoms with Gasteiger partial charge in [-0.2, -0.15) is 0 Å². The van der Waals surface area contributed by atoms with E-state index in [9.17, 15) is 18.0 Å². The first kappa shape index (κ1) is 15.7. The van der Waals surface area contributed by atoms with Gasteiger partial charge in [-0.3, -0.25) is 9.78 Å². The number of rotatable bonds is 2. The Morgan fingerprint density at radius 2 is 2.04 bits per heavy atom. The molecule has 10 heteroatoms. The lowest BCUT2D eigenvalue weighted by Gasteiger charge is -2.45. The molecule has 2 amide bonds. The van der Waals surface area contributed by atoms with Crippen LogP contribution in [0.1, 0.15) is 16.1 Å². The fourth-order valence-corrected chi connectivity index (χ4v) is 3.29. The van der Waals surface area contributed by atoms with Crippen molar-refractivity contribution in [2.24, 2.45) is 5.14 Å². The number of nitrogens with zero attached hydrogens (tertiary/aromatic N) is 3. The average molecular weight is 340 g/mol. The van der Waals surface area contributed by atoms with Crippen molar-refractivity contribution in [2.75, 3.05) is 26.7 Å². The molecule has 0 atom stereocenters. The highest BCUT2D eigenvalue weighted by atomic mass is 32.2. The smallest absolute Gasteiger partial charge is 0.410 e. The fraction of sp³-hybridized carbons (Fsp3) is 0.462. The normalized spacial score (nSPS) is 19.7. The molecule has 2 aliphatic rings. The summed E-state index contributed by atoms with van der Waals surface area (Å²) in [4.78, 5) is 30.6. The molecule has 124 valence electrons. The zero-order valence-corrected chi connectivity index (χ0v) is 13.5. The highest BCUT2D eigenvalue weighted by molar-refractivity contribution is 7.89. The number of hydrogen-bond donors (Lipinski definition) is 1. The number of likely N-dealkylation sites (tertiary alicyclic amines) is 1. The highest BCUT2D eigenvalue weighted by Crippen LogP contribution is 2.33. The van der Waals surface area contributed by atoms with Gasteiger partial charge in [-0.25, -0.2) is 18.4 Å². The summed E-state index contributed by atoms with van der Waals surface area (Å²) in [6, 6.07) is 1.22. The molecule has 1 aromatic heterocycles. The van der Waals surface area contributed by atoms with E-state index in [1.54, 1.807) is 14.0 Å². The summed E-state index contributed by atoms with van der Waals surface area (Å²) in [5, 5.41) is 5.07. The topological polar surface area (TPSA) is 123 Å². The molecule has 0 radical (unpaired) electrons. The Kier molecular flexibility index (Phi) is 3.34. The summed E-state index contributed by atoms with van der Waals surface area (Å²) >= 11 is 0. The number of aryl methyl sites for hydroxylation is 1. The largest absolute Gasteiger partial charge is 0.437 e. The molecule has 0 unspecified atom stereocenters. The van der Waals surface area contributed by atoms with Crippen LogP contribution in [0.4, 0.5) is 4.79 Å². The highest BCUT2D eigenvalue weighted by Gasteiger charge is 2.54. The molecule has 2 saturated heterocycles. The third kappa shape index (κ3) is 2.63. The van der Waals surface area contributed by atoms with E-state index in [2.05, 4.69) is 4.98 Å². The van der Waals surface area contributed by atoms with E-state index >= 15 is 0 Å². The van der Waals surface area contributed by atoms with Crippen LogP contribution >= 0.6 is 0 Å². The van der Waals surface area contributed by atoms with Gasteiger partial charge in [0, 0.05) is 13.2 Å². The number of aromatic nitrogens is 1. The molecule has 0 saturated carbocycles. The Morgan fingerprint density at radius 1 is 1.39 bits per heavy atom. The maximum atomic E-state index is 12.5. The number of likely N-dealkylation sites (N-methyl/N-ethyl adjacent to an activating group) is 1. The van der Waals surface area contributed by atoms with E-state index in [0.717, 1.165) is 6.20 Å². The summed E-state index contributed by atoms with van der Waals surface area (Å²) in [5.41, 5.74) is -0.0895. The zero-order valence-electron chi connectivity index (χ0n) is 12.6. The van der Waals surface area contributed by atoms with Crippen LogP contribution in [-0.2, 0) is 14.8 Å². The van der Waals surface area contributed by atoms with E-state index in [1.165, 1.54) is 15.9 Å². The molecule has 0 aromatic carbocycles. The van der Waals surface area contributed by atoms with Gasteiger partial charge < -0.3 is 14.5 Å². The lowest BCUT2D eigenvalue weighted by molar-refractivity contribution is -0.0581. The number of carbonyl (C=O) groups excluding carboxylic acids is 2. The van der Waals surface area contributed by atoms with Crippen LogP contribution in [0.2, 0.25) is 0 Å². The van der Waals surface area contributed by atoms with Crippen LogP contribution in [0.15, 0.2) is 17.2 Å². The number of hydrogen-bond acceptors (Lipinski definition) is 6. The van der Waals surface area contributed by atoms with Gasteiger partial charge in [0.25, 0.3) is 5.91 Å². The number of sulfonamides is 1. The van der Waals surface area contributed by atoms with Crippen LogP contribution < -0.4 is 5.14 Å². The minimum Gasteiger partial charge on any atom is -0.437 e. The van der Waals surface area contributed by atoms with Gasteiger partial charge in [0.1, 0.15) is 4.90 Å². The zero-order chi connectivity index (χ0) is 17.0. The summed E-state index contributed by atoms with van der Waals surface area (Å²) in [6.07, 6.45) is 0.707. The van der Waals surface area contributed by atoms with Gasteiger partial charge in [0.15, 0.2) is 5.60 Å². The molecule has 1 aromatic rings. The lowest BCUT2D eigenvalue weighted by atomic mass is 9.93. The first-order chi connectivity index (χ1) is 10.6. The van der Waals surface area contributed by atoms with Crippen molar-refractivity contribution >= 4 is 22.0 Å². The molecule has 9 nitrogen and oxygen atoms in total. The lowest BCUT2D eigenvalue weighted by Crippen LogP contribution is -2.65. The molecule has 2 aliphatic heterocycles. The van der Waals surface area contributed by atoms with Crippen LogP contribution in [0.5, 0.6) is 0 Å². The first-order valence-electron chi connectivity index (χ1n) is 6.84. The van der Waals surface area contributed by atoms with E-state index in [4.69, 9.17) is 9.88 Å². The van der Waals surface area contributed by atoms with Crippen molar-refractivity contribution in [1.82, 2.24) is 14.8 Å². The molecule has 0 bridgehead atoms. The van der Waals surface area contributed by atoms with Crippen LogP contribution in [-0.4, -0.2) is 67.5 Å². The van der Waals surface area contributed by atoms with E-state index < -0.39 is 21.7 Å². The minimum absolute atomic E-state index is 0.170. The third-order valence-electron chi connectivity index (χ3n) is 4.01. The summed E-state index contributed by atoms with van der Waals surface area (Å²) in [6.45, 7) is 2.56. The van der Waals surface area contributed by atoms with Gasteiger partial charge in [0.2, 0.25) is 10.0 Å². The van der Waals surface area contributed by atoms with Gasteiger partial charge in [0.05, 0.1) is 30.9 Å². The van der Waals surface area contributed by atoms with Crippen molar-refractivity contribution in [3.8, 4) is 0 Å². The van der Waals surface area contributed by atoms with Crippen LogP contribution in [0, 0.1) is 6.92 Å². The molecule has 3 heterocycles. The van der Waals surface area contributed by atoms with E-state index in [-0.39, 0.29) is 29.5 Å². The van der Waals surface area contributed by atoms with Crippen molar-refractivity contribution in [1.29, 1.82) is 0 Å². The molecular weight excluding hydrogens is 324 g/mol. The molecule has 23 heavy (non-hydrogen) atoms. The van der Waals surface area contributed by atoms with Gasteiger partial charge >= 0.3 is 6.09 Å². The maximum absolute atomic E-state index is 12.5. The number of amides is 2. The molecule has 3 rings (SSSR count). The standard InChI is InChI=1S/C13H16N4O5S/c1-8-10(3-9(4-15-8)23(14,20)21)11(18)17-6-13(7-17)5-16(2)12(19)22-13/h3-4H,5-7H2,1-2H3,(H2,14,20,21). The molecule has 1 spiro atoms. The van der Waals surface area contributed by atoms with Gasteiger partial charge in [-0.05, 0) is 13.0 Å². The Hall–Kier alpha value is -2.20. The number of ether oxygens (including phenoxy) is 1. The quantitative estimate of drug-likeness (QED) is 0.760. The predicted molar refractivity (Wildman–Crippen MR) is 78.1 cm³/mol. The van der Waals surface area contributed by atoms with Gasteiger partial charge in [-0.1, -0.05) is 0 Å². The minimum atomic E-state index is -3.94. The second-order valence-corrected chi connectivity index (χ2v) is 7.48. The van der Waals surface area contributed by atoms with E-state index in [0.29, 0.717) is 12.2 Å². The van der Waals surface area contributed by atoms with E-state index in [1.807, 2.05) is 0 Å². The van der Waals surface area contributed by atoms with Crippen LogP contribution in [0.3, 0.4) is 0 Å². The Morgan fingerprint density at radius 3 is 2.57 bits per heavy atom. The fourth-order valence-electron chi connectivity index (χ4n) is 2.81. The van der Waals surface area contributed by atoms with Gasteiger partial charge in [-0.15, -0.1) is 0 Å². The van der Waals surface area contributed by atoms with Crippen molar-refractivity contribution in [3.63, 3.8) is 0 Å². The number of carbonyl (C=O) groups is 2. The SMILES string of the molecule is Cc1ncc(S(N)(=O)=O)cc1C(=O)N1CC2(CN(C)C(=O)O2)C1. The second-order valence-electron chi connectivity index (χ2n) is 5.92.